The van der Waals surface area contributed by atoms with E-state index >= 15 is 0 Å². The normalized spacial score (nSPS) is 13.8. The van der Waals surface area contributed by atoms with Gasteiger partial charge in [0, 0.05) is 31.1 Å². The van der Waals surface area contributed by atoms with Gasteiger partial charge in [-0.2, -0.15) is 0 Å². The zero-order valence-corrected chi connectivity index (χ0v) is 25.8. The number of hydrogen-bond acceptors (Lipinski definition) is 9. The fourth-order valence-electron chi connectivity index (χ4n) is 4.07. The summed E-state index contributed by atoms with van der Waals surface area (Å²) < 4.78 is 39.0. The molecule has 0 radical (unpaired) electrons. The van der Waals surface area contributed by atoms with Gasteiger partial charge in [0.1, 0.15) is 11.9 Å². The van der Waals surface area contributed by atoms with Crippen molar-refractivity contribution in [2.45, 2.75) is 63.7 Å². The first-order valence-electron chi connectivity index (χ1n) is 13.7. The summed E-state index contributed by atoms with van der Waals surface area (Å²) in [5.74, 6) is -2.90. The number of sulfonamides is 1. The van der Waals surface area contributed by atoms with Crippen LogP contribution in [0.15, 0.2) is 35.3 Å². The minimum Gasteiger partial charge on any atom is -0.480 e. The van der Waals surface area contributed by atoms with Gasteiger partial charge in [-0.15, -0.1) is 0 Å². The van der Waals surface area contributed by atoms with Gasteiger partial charge in [-0.25, -0.2) is 31.9 Å². The van der Waals surface area contributed by atoms with E-state index in [0.717, 1.165) is 10.6 Å². The number of benzene rings is 1. The van der Waals surface area contributed by atoms with Crippen molar-refractivity contribution < 1.29 is 37.7 Å². The molecule has 0 aliphatic carbocycles. The van der Waals surface area contributed by atoms with E-state index < -0.39 is 52.4 Å². The first-order chi connectivity index (χ1) is 20.5. The minimum atomic E-state index is -3.70. The van der Waals surface area contributed by atoms with Gasteiger partial charge in [0.25, 0.3) is 0 Å². The van der Waals surface area contributed by atoms with Crippen molar-refractivity contribution in [3.63, 3.8) is 0 Å². The van der Waals surface area contributed by atoms with Crippen molar-refractivity contribution >= 4 is 39.9 Å². The molecular formula is C28H40FN7O7S. The van der Waals surface area contributed by atoms with E-state index in [2.05, 4.69) is 20.3 Å². The van der Waals surface area contributed by atoms with Crippen LogP contribution in [0.2, 0.25) is 0 Å². The lowest BCUT2D eigenvalue weighted by Crippen LogP contribution is -2.42. The fraction of sp³-hybridized carbons (Fsp3) is 0.464. The van der Waals surface area contributed by atoms with Crippen LogP contribution in [0.1, 0.15) is 56.7 Å². The average molecular weight is 638 g/mol. The van der Waals surface area contributed by atoms with E-state index in [1.165, 1.54) is 43.5 Å². The van der Waals surface area contributed by atoms with Crippen LogP contribution in [0.3, 0.4) is 0 Å². The first-order valence-corrected chi connectivity index (χ1v) is 15.6. The minimum absolute atomic E-state index is 0.0642. The molecule has 0 saturated heterocycles. The summed E-state index contributed by atoms with van der Waals surface area (Å²) >= 11 is 0. The summed E-state index contributed by atoms with van der Waals surface area (Å²) in [4.78, 5) is 36.5. The molecule has 8 N–H and O–H groups in total. The number of aliphatic hydroxyl groups excluding tert-OH is 2. The molecule has 0 spiro atoms. The van der Waals surface area contributed by atoms with Gasteiger partial charge in [-0.05, 0) is 43.0 Å². The van der Waals surface area contributed by atoms with Crippen LogP contribution in [0.5, 0.6) is 0 Å². The van der Waals surface area contributed by atoms with Crippen molar-refractivity contribution in [3.8, 4) is 11.3 Å². The number of nitrogens with two attached hydrogens (primary N) is 2. The van der Waals surface area contributed by atoms with Crippen LogP contribution in [0, 0.1) is 5.82 Å². The Labute approximate surface area is 255 Å². The molecule has 0 bridgehead atoms. The summed E-state index contributed by atoms with van der Waals surface area (Å²) in [5, 5.41) is 32.8. The predicted molar refractivity (Wildman–Crippen MR) is 165 cm³/mol. The Hall–Kier alpha value is -4.15. The number of halogens is 1. The van der Waals surface area contributed by atoms with Crippen LogP contribution in [0.25, 0.3) is 17.3 Å². The lowest BCUT2D eigenvalue weighted by molar-refractivity contribution is -0.142. The largest absolute Gasteiger partial charge is 0.480 e. The summed E-state index contributed by atoms with van der Waals surface area (Å²) in [6.45, 7) is 3.86. The number of amides is 1. The molecule has 0 aliphatic rings. The standard InChI is InChI=1S/C28H40FN7O7S/c1-16(2)24-21(25(17-7-9-18(29)10-8-17)35-28(34-24)36(3)44(4,42)43)12-11-19(37)14-20(38)15-23(39)33-22(26(40)41)6-5-13-32-27(30)31/h7-12,16,19-20,22,37-38H,5-6,13-15H2,1-4H3,(H,33,39)(H,40,41)(H4,30,31,32)/t19-,20+,22+/m0/s1. The summed E-state index contributed by atoms with van der Waals surface area (Å²) in [7, 11) is -2.39. The Morgan fingerprint density at radius 1 is 1.16 bits per heavy atom. The number of carboxylic acids is 1. The van der Waals surface area contributed by atoms with Crippen LogP contribution >= 0.6 is 0 Å². The molecule has 1 amide bonds. The van der Waals surface area contributed by atoms with E-state index in [1.807, 2.05) is 13.8 Å². The SMILES string of the molecule is CC(C)c1nc(N(C)S(C)(=O)=O)nc(-c2ccc(F)cc2)c1C=C[C@H](O)C[C@@H](O)CC(=O)N[C@H](CCCN=C(N)N)C(=O)O. The molecule has 1 heterocycles. The maximum atomic E-state index is 13.7. The van der Waals surface area contributed by atoms with E-state index in [-0.39, 0.29) is 42.9 Å². The average Bonchev–Trinajstić information content (AvgIpc) is 2.92. The second kappa shape index (κ2) is 16.1. The third-order valence-corrected chi connectivity index (χ3v) is 7.56. The third kappa shape index (κ3) is 11.2. The molecule has 44 heavy (non-hydrogen) atoms. The van der Waals surface area contributed by atoms with Crippen molar-refractivity contribution in [1.29, 1.82) is 0 Å². The number of rotatable bonds is 16. The number of aliphatic imine (C=N–C) groups is 1. The molecule has 0 aliphatic heterocycles. The van der Waals surface area contributed by atoms with Crippen molar-refractivity contribution in [3.05, 3.63) is 47.4 Å². The summed E-state index contributed by atoms with van der Waals surface area (Å²) in [5.41, 5.74) is 12.1. The molecular weight excluding hydrogens is 597 g/mol. The molecule has 1 aromatic carbocycles. The van der Waals surface area contributed by atoms with Gasteiger partial charge in [-0.1, -0.05) is 26.0 Å². The Morgan fingerprint density at radius 3 is 2.34 bits per heavy atom. The smallest absolute Gasteiger partial charge is 0.326 e. The number of nitrogens with one attached hydrogen (secondary N) is 1. The van der Waals surface area contributed by atoms with E-state index in [4.69, 9.17) is 11.5 Å². The van der Waals surface area contributed by atoms with Gasteiger partial charge < -0.3 is 32.1 Å². The molecule has 242 valence electrons. The topological polar surface area (TPSA) is 234 Å². The molecule has 1 aromatic heterocycles. The quantitative estimate of drug-likeness (QED) is 0.0861. The zero-order valence-electron chi connectivity index (χ0n) is 25.0. The van der Waals surface area contributed by atoms with E-state index in [0.29, 0.717) is 23.2 Å². The number of anilines is 1. The van der Waals surface area contributed by atoms with Crippen LogP contribution < -0.4 is 21.1 Å². The molecule has 0 saturated carbocycles. The fourth-order valence-corrected chi connectivity index (χ4v) is 4.45. The van der Waals surface area contributed by atoms with Gasteiger partial charge >= 0.3 is 5.97 Å². The van der Waals surface area contributed by atoms with E-state index in [1.54, 1.807) is 0 Å². The number of carbonyl (C=O) groups excluding carboxylic acids is 1. The molecule has 2 aromatic rings. The molecule has 2 rings (SSSR count). The zero-order chi connectivity index (χ0) is 33.2. The van der Waals surface area contributed by atoms with Crippen molar-refractivity contribution in [2.75, 3.05) is 24.2 Å². The molecule has 14 nitrogen and oxygen atoms in total. The van der Waals surface area contributed by atoms with Crippen LogP contribution in [-0.4, -0.2) is 89.6 Å². The molecule has 0 unspecified atom stereocenters. The number of carboxylic acid groups (broad SMARTS) is 1. The Kier molecular flexibility index (Phi) is 13.2. The number of aliphatic carboxylic acids is 1. The highest BCUT2D eigenvalue weighted by Crippen LogP contribution is 2.31. The van der Waals surface area contributed by atoms with Crippen molar-refractivity contribution in [2.24, 2.45) is 16.5 Å². The lowest BCUT2D eigenvalue weighted by atomic mass is 9.97. The maximum Gasteiger partial charge on any atom is 0.326 e. The van der Waals surface area contributed by atoms with Gasteiger partial charge in [0.15, 0.2) is 5.96 Å². The highest BCUT2D eigenvalue weighted by molar-refractivity contribution is 7.92. The number of guanidine groups is 1. The summed E-state index contributed by atoms with van der Waals surface area (Å²) in [6, 6.07) is 4.21. The van der Waals surface area contributed by atoms with Gasteiger partial charge in [-0.3, -0.25) is 9.79 Å². The third-order valence-electron chi connectivity index (χ3n) is 6.41. The maximum absolute atomic E-state index is 13.7. The van der Waals surface area contributed by atoms with Gasteiger partial charge in [0.05, 0.1) is 36.3 Å². The molecule has 0 fully saturated rings. The van der Waals surface area contributed by atoms with Gasteiger partial charge in [0.2, 0.25) is 21.9 Å². The number of aromatic nitrogens is 2. The van der Waals surface area contributed by atoms with E-state index in [9.17, 15) is 37.7 Å². The highest BCUT2D eigenvalue weighted by atomic mass is 32.2. The molecule has 3 atom stereocenters. The number of nitrogens with zero attached hydrogens (tertiary/aromatic N) is 4. The highest BCUT2D eigenvalue weighted by Gasteiger charge is 2.24. The van der Waals surface area contributed by atoms with Crippen LogP contribution in [-0.2, 0) is 19.6 Å². The number of hydrogen-bond donors (Lipinski definition) is 6. The number of carbonyl (C=O) groups is 2. The van der Waals surface area contributed by atoms with Crippen LogP contribution in [0.4, 0.5) is 10.3 Å². The Bertz CT molecular complexity index is 1460. The second-order valence-corrected chi connectivity index (χ2v) is 12.5. The predicted octanol–water partition coefficient (Wildman–Crippen LogP) is 0.940. The second-order valence-electron chi connectivity index (χ2n) is 10.5. The lowest BCUT2D eigenvalue weighted by Gasteiger charge is -2.20. The molecule has 16 heteroatoms. The Morgan fingerprint density at radius 2 is 1.80 bits per heavy atom. The van der Waals surface area contributed by atoms with Crippen molar-refractivity contribution in [1.82, 2.24) is 15.3 Å². The monoisotopic (exact) mass is 637 g/mol. The number of aliphatic hydroxyl groups is 2. The first kappa shape index (κ1) is 36.0. The summed E-state index contributed by atoms with van der Waals surface area (Å²) in [6.07, 6.45) is 0.982. The Balaban J connectivity index is 2.25.